The Kier molecular flexibility index (Phi) is 4.73. The minimum absolute atomic E-state index is 0.285. The van der Waals surface area contributed by atoms with Crippen molar-refractivity contribution < 1.29 is 0 Å². The molecule has 2 aromatic rings. The SMILES string of the molecule is NNC(Cc1ccc(Br)cc1)C1CCCc2ccccc21. The lowest BCUT2D eigenvalue weighted by molar-refractivity contribution is 0.395. The molecule has 3 heteroatoms. The zero-order valence-electron chi connectivity index (χ0n) is 12.1. The van der Waals surface area contributed by atoms with E-state index < -0.39 is 0 Å². The lowest BCUT2D eigenvalue weighted by atomic mass is 9.77. The molecule has 3 rings (SSSR count). The fourth-order valence-corrected chi connectivity index (χ4v) is 3.67. The first kappa shape index (κ1) is 14.8. The number of hydrogen-bond donors (Lipinski definition) is 2. The maximum Gasteiger partial charge on any atom is 0.0319 e. The van der Waals surface area contributed by atoms with Crippen LogP contribution in [-0.4, -0.2) is 6.04 Å². The molecular formula is C18H21BrN2. The molecule has 0 radical (unpaired) electrons. The Morgan fingerprint density at radius 1 is 1.14 bits per heavy atom. The van der Waals surface area contributed by atoms with E-state index in [2.05, 4.69) is 69.9 Å². The van der Waals surface area contributed by atoms with Crippen LogP contribution in [0.1, 0.15) is 35.4 Å². The van der Waals surface area contributed by atoms with Crippen molar-refractivity contribution in [2.45, 2.75) is 37.6 Å². The van der Waals surface area contributed by atoms with Gasteiger partial charge in [-0.15, -0.1) is 0 Å². The number of fused-ring (bicyclic) bond motifs is 1. The van der Waals surface area contributed by atoms with Gasteiger partial charge in [0.25, 0.3) is 0 Å². The largest absolute Gasteiger partial charge is 0.271 e. The van der Waals surface area contributed by atoms with Crippen LogP contribution in [-0.2, 0) is 12.8 Å². The smallest absolute Gasteiger partial charge is 0.0319 e. The third kappa shape index (κ3) is 3.37. The molecule has 110 valence electrons. The second kappa shape index (κ2) is 6.73. The summed E-state index contributed by atoms with van der Waals surface area (Å²) in [5.74, 6) is 6.38. The number of halogens is 1. The molecule has 0 saturated heterocycles. The quantitative estimate of drug-likeness (QED) is 0.651. The average molecular weight is 345 g/mol. The van der Waals surface area contributed by atoms with Gasteiger partial charge >= 0.3 is 0 Å². The molecule has 0 heterocycles. The molecule has 0 spiro atoms. The Labute approximate surface area is 134 Å². The molecule has 3 N–H and O–H groups in total. The summed E-state index contributed by atoms with van der Waals surface area (Å²) in [6.07, 6.45) is 4.62. The first-order valence-corrected chi connectivity index (χ1v) is 8.35. The predicted octanol–water partition coefficient (Wildman–Crippen LogP) is 3.94. The van der Waals surface area contributed by atoms with Crippen molar-refractivity contribution in [1.29, 1.82) is 0 Å². The van der Waals surface area contributed by atoms with E-state index in [-0.39, 0.29) is 6.04 Å². The van der Waals surface area contributed by atoms with Crippen molar-refractivity contribution in [2.75, 3.05) is 0 Å². The topological polar surface area (TPSA) is 38.0 Å². The van der Waals surface area contributed by atoms with Crippen molar-refractivity contribution in [1.82, 2.24) is 5.43 Å². The van der Waals surface area contributed by atoms with E-state index in [4.69, 9.17) is 5.84 Å². The van der Waals surface area contributed by atoms with E-state index in [1.165, 1.54) is 36.0 Å². The number of hydrazine groups is 1. The van der Waals surface area contributed by atoms with Crippen LogP contribution in [0.25, 0.3) is 0 Å². The first-order valence-electron chi connectivity index (χ1n) is 7.56. The lowest BCUT2D eigenvalue weighted by Crippen LogP contribution is -2.42. The summed E-state index contributed by atoms with van der Waals surface area (Å²) in [6, 6.07) is 17.6. The van der Waals surface area contributed by atoms with Gasteiger partial charge in [0.2, 0.25) is 0 Å². The minimum atomic E-state index is 0.285. The van der Waals surface area contributed by atoms with Crippen LogP contribution in [0.4, 0.5) is 0 Å². The molecule has 2 nitrogen and oxygen atoms in total. The molecule has 0 amide bonds. The van der Waals surface area contributed by atoms with Gasteiger partial charge in [0.1, 0.15) is 0 Å². The third-order valence-electron chi connectivity index (χ3n) is 4.48. The van der Waals surface area contributed by atoms with Gasteiger partial charge < -0.3 is 0 Å². The van der Waals surface area contributed by atoms with E-state index in [0.717, 1.165) is 10.9 Å². The van der Waals surface area contributed by atoms with E-state index in [1.54, 1.807) is 0 Å². The normalized spacial score (nSPS) is 19.0. The fraction of sp³-hybridized carbons (Fsp3) is 0.333. The van der Waals surface area contributed by atoms with E-state index >= 15 is 0 Å². The number of rotatable bonds is 4. The van der Waals surface area contributed by atoms with Gasteiger partial charge in [-0.1, -0.05) is 52.3 Å². The Morgan fingerprint density at radius 2 is 1.90 bits per heavy atom. The van der Waals surface area contributed by atoms with Crippen LogP contribution >= 0.6 is 15.9 Å². The van der Waals surface area contributed by atoms with Crippen LogP contribution in [0.5, 0.6) is 0 Å². The van der Waals surface area contributed by atoms with E-state index in [0.29, 0.717) is 5.92 Å². The van der Waals surface area contributed by atoms with Crippen LogP contribution in [0.15, 0.2) is 53.0 Å². The highest BCUT2D eigenvalue weighted by molar-refractivity contribution is 9.10. The van der Waals surface area contributed by atoms with Gasteiger partial charge in [0.05, 0.1) is 0 Å². The van der Waals surface area contributed by atoms with E-state index in [9.17, 15) is 0 Å². The Balaban J connectivity index is 1.82. The van der Waals surface area contributed by atoms with E-state index in [1.807, 2.05) is 0 Å². The number of nitrogens with two attached hydrogens (primary N) is 1. The second-order valence-corrected chi connectivity index (χ2v) is 6.72. The maximum absolute atomic E-state index is 5.88. The zero-order valence-corrected chi connectivity index (χ0v) is 13.6. The summed E-state index contributed by atoms with van der Waals surface area (Å²) >= 11 is 3.49. The Morgan fingerprint density at radius 3 is 2.67 bits per heavy atom. The molecule has 2 unspecified atom stereocenters. The summed E-state index contributed by atoms with van der Waals surface area (Å²) in [7, 11) is 0. The number of benzene rings is 2. The maximum atomic E-state index is 5.88. The van der Waals surface area contributed by atoms with Crippen molar-refractivity contribution in [3.05, 3.63) is 69.7 Å². The van der Waals surface area contributed by atoms with Gasteiger partial charge in [-0.3, -0.25) is 11.3 Å². The molecule has 21 heavy (non-hydrogen) atoms. The summed E-state index contributed by atoms with van der Waals surface area (Å²) in [4.78, 5) is 0. The average Bonchev–Trinajstić information content (AvgIpc) is 2.54. The van der Waals surface area contributed by atoms with Crippen molar-refractivity contribution in [3.63, 3.8) is 0 Å². The second-order valence-electron chi connectivity index (χ2n) is 5.80. The molecule has 0 bridgehead atoms. The summed E-state index contributed by atoms with van der Waals surface area (Å²) in [5.41, 5.74) is 7.35. The molecular weight excluding hydrogens is 324 g/mol. The third-order valence-corrected chi connectivity index (χ3v) is 5.01. The van der Waals surface area contributed by atoms with Crippen LogP contribution < -0.4 is 11.3 Å². The molecule has 1 aliphatic rings. The lowest BCUT2D eigenvalue weighted by Gasteiger charge is -2.32. The summed E-state index contributed by atoms with van der Waals surface area (Å²) in [5, 5.41) is 0. The molecule has 2 aromatic carbocycles. The monoisotopic (exact) mass is 344 g/mol. The molecule has 0 aromatic heterocycles. The highest BCUT2D eigenvalue weighted by Crippen LogP contribution is 2.34. The van der Waals surface area contributed by atoms with Gasteiger partial charge in [-0.05, 0) is 54.5 Å². The minimum Gasteiger partial charge on any atom is -0.271 e. The van der Waals surface area contributed by atoms with Crippen molar-refractivity contribution >= 4 is 15.9 Å². The number of nitrogens with one attached hydrogen (secondary N) is 1. The predicted molar refractivity (Wildman–Crippen MR) is 91.1 cm³/mol. The Hall–Kier alpha value is -1.16. The van der Waals surface area contributed by atoms with Gasteiger partial charge in [-0.2, -0.15) is 0 Å². The zero-order chi connectivity index (χ0) is 14.7. The summed E-state index contributed by atoms with van der Waals surface area (Å²) in [6.45, 7) is 0. The molecule has 0 saturated carbocycles. The fourth-order valence-electron chi connectivity index (χ4n) is 3.40. The van der Waals surface area contributed by atoms with Gasteiger partial charge in [0.15, 0.2) is 0 Å². The molecule has 0 fully saturated rings. The number of aryl methyl sites for hydroxylation is 1. The highest BCUT2D eigenvalue weighted by Gasteiger charge is 2.27. The molecule has 0 aliphatic heterocycles. The summed E-state index contributed by atoms with van der Waals surface area (Å²) < 4.78 is 1.12. The van der Waals surface area contributed by atoms with Crippen molar-refractivity contribution in [2.24, 2.45) is 5.84 Å². The van der Waals surface area contributed by atoms with Crippen LogP contribution in [0.2, 0.25) is 0 Å². The molecule has 1 aliphatic carbocycles. The highest BCUT2D eigenvalue weighted by atomic mass is 79.9. The molecule has 2 atom stereocenters. The first-order chi connectivity index (χ1) is 10.3. The standard InChI is InChI=1S/C18H21BrN2/c19-15-10-8-13(9-11-15)12-18(21-20)17-7-3-5-14-4-1-2-6-16(14)17/h1-2,4,6,8-11,17-18,21H,3,5,7,12,20H2. The van der Waals surface area contributed by atoms with Crippen molar-refractivity contribution in [3.8, 4) is 0 Å². The van der Waals surface area contributed by atoms with Crippen LogP contribution in [0, 0.1) is 0 Å². The van der Waals surface area contributed by atoms with Gasteiger partial charge in [-0.25, -0.2) is 0 Å². The van der Waals surface area contributed by atoms with Gasteiger partial charge in [0, 0.05) is 16.4 Å². The Bertz CT molecular complexity index is 594. The van der Waals surface area contributed by atoms with Crippen LogP contribution in [0.3, 0.4) is 0 Å². The number of hydrogen-bond acceptors (Lipinski definition) is 2.